The molecular weight excluding hydrogens is 460 g/mol. The molecule has 0 aromatic heterocycles. The molecule has 1 rings (SSSR count). The van der Waals surface area contributed by atoms with E-state index in [-0.39, 0.29) is 17.7 Å². The van der Waals surface area contributed by atoms with E-state index in [4.69, 9.17) is 18.1 Å². The average molecular weight is 505 g/mol. The Kier molecular flexibility index (Phi) is 10.0. The van der Waals surface area contributed by atoms with E-state index in [1.165, 1.54) is 0 Å². The Labute approximate surface area is 202 Å². The number of aliphatic hydroxyl groups is 1. The zero-order chi connectivity index (χ0) is 25.8. The van der Waals surface area contributed by atoms with Gasteiger partial charge in [0.25, 0.3) is 10.1 Å². The lowest BCUT2D eigenvalue weighted by Gasteiger charge is -2.38. The number of aryl methyl sites for hydroxylation is 1. The van der Waals surface area contributed by atoms with Crippen LogP contribution in [0.15, 0.2) is 12.1 Å². The van der Waals surface area contributed by atoms with Crippen LogP contribution in [0.2, 0.25) is 18.1 Å². The summed E-state index contributed by atoms with van der Waals surface area (Å²) in [6.07, 6.45) is 1.10. The molecule has 0 spiro atoms. The third-order valence-corrected chi connectivity index (χ3v) is 11.2. The number of methoxy groups -OCH3 is 1. The molecule has 0 unspecified atom stereocenters. The molecule has 1 aromatic carbocycles. The molecule has 192 valence electrons. The third-order valence-electron chi connectivity index (χ3n) is 6.28. The van der Waals surface area contributed by atoms with Crippen LogP contribution in [0.25, 0.3) is 0 Å². The van der Waals surface area contributed by atoms with Gasteiger partial charge >= 0.3 is 0 Å². The summed E-state index contributed by atoms with van der Waals surface area (Å²) in [5.74, 6) is 1.54. The van der Waals surface area contributed by atoms with E-state index in [2.05, 4.69) is 40.8 Å². The fourth-order valence-electron chi connectivity index (χ4n) is 3.14. The molecule has 1 aromatic rings. The van der Waals surface area contributed by atoms with Gasteiger partial charge in [0, 0.05) is 7.11 Å². The topological polar surface area (TPSA) is 91.3 Å². The molecule has 0 aliphatic heterocycles. The van der Waals surface area contributed by atoms with Gasteiger partial charge in [-0.2, -0.15) is 8.42 Å². The summed E-state index contributed by atoms with van der Waals surface area (Å²) in [6, 6.07) is 4.00. The minimum atomic E-state index is -3.70. The zero-order valence-corrected chi connectivity index (χ0v) is 24.1. The van der Waals surface area contributed by atoms with Crippen molar-refractivity contribution in [1.82, 2.24) is 0 Å². The number of hydrogen-bond donors (Lipinski definition) is 1. The monoisotopic (exact) mass is 504 g/mol. The SMILES string of the molecule is COCOc1cc([C@H](C)CC[C@@H](OS(C)(=O)=O)C(C)(C)O)c(O[Si](C)(C)C(C)(C)C)cc1C. The van der Waals surface area contributed by atoms with Crippen molar-refractivity contribution in [2.45, 2.75) is 97.1 Å². The van der Waals surface area contributed by atoms with E-state index in [0.717, 1.165) is 23.1 Å². The van der Waals surface area contributed by atoms with Crippen LogP contribution in [-0.2, 0) is 19.0 Å². The Morgan fingerprint density at radius 1 is 1.06 bits per heavy atom. The number of ether oxygens (including phenoxy) is 2. The van der Waals surface area contributed by atoms with Crippen LogP contribution >= 0.6 is 0 Å². The number of rotatable bonds is 12. The van der Waals surface area contributed by atoms with Gasteiger partial charge in [-0.15, -0.1) is 0 Å². The van der Waals surface area contributed by atoms with Crippen LogP contribution in [0, 0.1) is 6.92 Å². The second kappa shape index (κ2) is 11.1. The maximum absolute atomic E-state index is 11.7. The largest absolute Gasteiger partial charge is 0.543 e. The van der Waals surface area contributed by atoms with Crippen LogP contribution in [-0.4, -0.2) is 53.7 Å². The molecule has 0 bridgehead atoms. The smallest absolute Gasteiger partial charge is 0.264 e. The standard InChI is InChI=1S/C24H44O7SSi/c1-17(12-13-22(24(6,7)25)30-32(9,26)27)19-15-20(29-16-28-8)18(2)14-21(19)31-33(10,11)23(3,4)5/h14-15,17,22,25H,12-13,16H2,1-11H3/t17-,22-/m1/s1. The van der Waals surface area contributed by atoms with Crippen molar-refractivity contribution >= 4 is 18.4 Å². The van der Waals surface area contributed by atoms with Gasteiger partial charge in [-0.1, -0.05) is 27.7 Å². The Morgan fingerprint density at radius 2 is 1.64 bits per heavy atom. The lowest BCUT2D eigenvalue weighted by Crippen LogP contribution is -2.44. The van der Waals surface area contributed by atoms with Crippen LogP contribution in [0.3, 0.4) is 0 Å². The molecule has 0 amide bonds. The highest BCUT2D eigenvalue weighted by atomic mass is 32.2. The predicted molar refractivity (Wildman–Crippen MR) is 135 cm³/mol. The van der Waals surface area contributed by atoms with Crippen molar-refractivity contribution in [1.29, 1.82) is 0 Å². The summed E-state index contributed by atoms with van der Waals surface area (Å²) >= 11 is 0. The van der Waals surface area contributed by atoms with Gasteiger partial charge in [0.15, 0.2) is 6.79 Å². The molecule has 0 heterocycles. The third kappa shape index (κ3) is 9.20. The van der Waals surface area contributed by atoms with Crippen LogP contribution in [0.5, 0.6) is 11.5 Å². The Bertz CT molecular complexity index is 883. The fourth-order valence-corrected chi connectivity index (χ4v) is 4.93. The molecule has 9 heteroatoms. The van der Waals surface area contributed by atoms with Crippen molar-refractivity contribution in [3.8, 4) is 11.5 Å². The number of benzene rings is 1. The quantitative estimate of drug-likeness (QED) is 0.233. The van der Waals surface area contributed by atoms with Gasteiger partial charge < -0.3 is 19.0 Å². The van der Waals surface area contributed by atoms with Gasteiger partial charge in [0.1, 0.15) is 17.6 Å². The van der Waals surface area contributed by atoms with Gasteiger partial charge in [-0.3, -0.25) is 4.18 Å². The van der Waals surface area contributed by atoms with E-state index >= 15 is 0 Å². The molecule has 0 aliphatic carbocycles. The molecule has 0 saturated carbocycles. The molecule has 0 saturated heterocycles. The van der Waals surface area contributed by atoms with Crippen molar-refractivity contribution in [2.75, 3.05) is 20.2 Å². The normalized spacial score (nSPS) is 15.3. The van der Waals surface area contributed by atoms with E-state index in [0.29, 0.717) is 18.6 Å². The average Bonchev–Trinajstić information content (AvgIpc) is 2.61. The van der Waals surface area contributed by atoms with Crippen molar-refractivity contribution in [2.24, 2.45) is 0 Å². The van der Waals surface area contributed by atoms with Crippen LogP contribution < -0.4 is 9.16 Å². The molecule has 0 radical (unpaired) electrons. The summed E-state index contributed by atoms with van der Waals surface area (Å²) in [5, 5.41) is 10.5. The molecule has 0 fully saturated rings. The minimum Gasteiger partial charge on any atom is -0.543 e. The van der Waals surface area contributed by atoms with Gasteiger partial charge in [-0.25, -0.2) is 0 Å². The van der Waals surface area contributed by atoms with E-state index < -0.39 is 30.1 Å². The predicted octanol–water partition coefficient (Wildman–Crippen LogP) is 5.36. The summed E-state index contributed by atoms with van der Waals surface area (Å²) in [5.41, 5.74) is 0.625. The first-order valence-corrected chi connectivity index (χ1v) is 16.1. The molecule has 7 nitrogen and oxygen atoms in total. The van der Waals surface area contributed by atoms with Crippen LogP contribution in [0.1, 0.15) is 71.4 Å². The van der Waals surface area contributed by atoms with Gasteiger partial charge in [0.05, 0.1) is 11.9 Å². The second-order valence-corrected chi connectivity index (χ2v) is 17.3. The van der Waals surface area contributed by atoms with Crippen molar-refractivity contribution < 1.29 is 31.6 Å². The molecule has 0 aliphatic rings. The Morgan fingerprint density at radius 3 is 2.09 bits per heavy atom. The van der Waals surface area contributed by atoms with E-state index in [1.807, 2.05) is 19.1 Å². The highest BCUT2D eigenvalue weighted by Gasteiger charge is 2.40. The molecule has 33 heavy (non-hydrogen) atoms. The summed E-state index contributed by atoms with van der Waals surface area (Å²) < 4.78 is 46.1. The lowest BCUT2D eigenvalue weighted by atomic mass is 9.89. The van der Waals surface area contributed by atoms with Crippen LogP contribution in [0.4, 0.5) is 0 Å². The second-order valence-electron chi connectivity index (χ2n) is 11.0. The maximum atomic E-state index is 11.7. The number of hydrogen-bond acceptors (Lipinski definition) is 7. The minimum absolute atomic E-state index is 0.00303. The summed E-state index contributed by atoms with van der Waals surface area (Å²) in [7, 11) is -4.23. The van der Waals surface area contributed by atoms with Gasteiger partial charge in [-0.05, 0) is 80.9 Å². The maximum Gasteiger partial charge on any atom is 0.264 e. The highest BCUT2D eigenvalue weighted by molar-refractivity contribution is 7.86. The molecule has 1 N–H and O–H groups in total. The first-order valence-electron chi connectivity index (χ1n) is 11.3. The molecule has 2 atom stereocenters. The van der Waals surface area contributed by atoms with E-state index in [9.17, 15) is 13.5 Å². The highest BCUT2D eigenvalue weighted by Crippen LogP contribution is 2.42. The van der Waals surface area contributed by atoms with Crippen molar-refractivity contribution in [3.63, 3.8) is 0 Å². The fraction of sp³-hybridized carbons (Fsp3) is 0.750. The molecular formula is C24H44O7SSi. The first-order chi connectivity index (χ1) is 14.8. The Hall–Kier alpha value is -1.13. The lowest BCUT2D eigenvalue weighted by molar-refractivity contribution is -0.0353. The first kappa shape index (κ1) is 29.9. The zero-order valence-electron chi connectivity index (χ0n) is 22.2. The summed E-state index contributed by atoms with van der Waals surface area (Å²) in [6.45, 7) is 18.3. The van der Waals surface area contributed by atoms with E-state index in [1.54, 1.807) is 21.0 Å². The Balaban J connectivity index is 3.32. The van der Waals surface area contributed by atoms with Gasteiger partial charge in [0.2, 0.25) is 8.32 Å². The summed E-state index contributed by atoms with van der Waals surface area (Å²) in [4.78, 5) is 0. The van der Waals surface area contributed by atoms with Crippen molar-refractivity contribution in [3.05, 3.63) is 23.3 Å².